The van der Waals surface area contributed by atoms with Crippen LogP contribution in [0.2, 0.25) is 0 Å². The standard InChI is InChI=1S/C25H21NO3S/c1-3-29-21-14-13-17(16-22(21)28-2)15-19(24(27)18-9-5-4-6-10-18)25-26-20-11-7-8-12-23(20)30-25/h4-16H,3H2,1-2H3/b19-15-. The summed E-state index contributed by atoms with van der Waals surface area (Å²) in [5.74, 6) is 1.23. The van der Waals surface area contributed by atoms with Crippen molar-refractivity contribution in [1.82, 2.24) is 4.98 Å². The number of hydrogen-bond donors (Lipinski definition) is 0. The summed E-state index contributed by atoms with van der Waals surface area (Å²) >= 11 is 1.51. The van der Waals surface area contributed by atoms with Crippen LogP contribution in [0.25, 0.3) is 21.9 Å². The number of methoxy groups -OCH3 is 1. The number of carbonyl (C=O) groups excluding carboxylic acids is 1. The molecule has 0 aliphatic rings. The van der Waals surface area contributed by atoms with Gasteiger partial charge in [0.15, 0.2) is 17.3 Å². The van der Waals surface area contributed by atoms with Gasteiger partial charge in [-0.3, -0.25) is 4.79 Å². The molecule has 0 radical (unpaired) electrons. The number of para-hydroxylation sites is 1. The Morgan fingerprint density at radius 1 is 1.00 bits per heavy atom. The maximum atomic E-state index is 13.4. The molecule has 0 saturated heterocycles. The topological polar surface area (TPSA) is 48.4 Å². The first-order chi connectivity index (χ1) is 14.7. The molecule has 0 fully saturated rings. The highest BCUT2D eigenvalue weighted by Gasteiger charge is 2.19. The number of carbonyl (C=O) groups is 1. The molecule has 4 nitrogen and oxygen atoms in total. The van der Waals surface area contributed by atoms with Crippen molar-refractivity contribution in [2.24, 2.45) is 0 Å². The molecular formula is C25H21NO3S. The molecule has 0 spiro atoms. The van der Waals surface area contributed by atoms with Gasteiger partial charge in [-0.05, 0) is 42.8 Å². The maximum Gasteiger partial charge on any atom is 0.196 e. The van der Waals surface area contributed by atoms with Crippen LogP contribution >= 0.6 is 11.3 Å². The number of ketones is 1. The van der Waals surface area contributed by atoms with Gasteiger partial charge in [0.2, 0.25) is 0 Å². The van der Waals surface area contributed by atoms with E-state index in [0.29, 0.717) is 34.3 Å². The van der Waals surface area contributed by atoms with Crippen LogP contribution in [0, 0.1) is 0 Å². The van der Waals surface area contributed by atoms with E-state index in [0.717, 1.165) is 15.8 Å². The molecule has 4 aromatic rings. The van der Waals surface area contributed by atoms with E-state index in [9.17, 15) is 4.79 Å². The first kappa shape index (κ1) is 19.9. The van der Waals surface area contributed by atoms with Gasteiger partial charge in [-0.1, -0.05) is 48.5 Å². The van der Waals surface area contributed by atoms with Crippen molar-refractivity contribution in [2.45, 2.75) is 6.92 Å². The number of aromatic nitrogens is 1. The van der Waals surface area contributed by atoms with Crippen molar-refractivity contribution in [1.29, 1.82) is 0 Å². The monoisotopic (exact) mass is 415 g/mol. The highest BCUT2D eigenvalue weighted by Crippen LogP contribution is 2.33. The van der Waals surface area contributed by atoms with Gasteiger partial charge in [-0.15, -0.1) is 11.3 Å². The van der Waals surface area contributed by atoms with Gasteiger partial charge < -0.3 is 9.47 Å². The lowest BCUT2D eigenvalue weighted by atomic mass is 10.0. The zero-order chi connectivity index (χ0) is 20.9. The van der Waals surface area contributed by atoms with Gasteiger partial charge in [0.1, 0.15) is 5.01 Å². The fourth-order valence-electron chi connectivity index (χ4n) is 3.17. The molecule has 1 aromatic heterocycles. The fraction of sp³-hybridized carbons (Fsp3) is 0.120. The normalized spacial score (nSPS) is 11.5. The maximum absolute atomic E-state index is 13.4. The van der Waals surface area contributed by atoms with E-state index >= 15 is 0 Å². The quantitative estimate of drug-likeness (QED) is 0.269. The smallest absolute Gasteiger partial charge is 0.196 e. The molecule has 4 rings (SSSR count). The molecule has 5 heteroatoms. The number of nitrogens with zero attached hydrogens (tertiary/aromatic N) is 1. The predicted molar refractivity (Wildman–Crippen MR) is 122 cm³/mol. The van der Waals surface area contributed by atoms with E-state index < -0.39 is 0 Å². The molecule has 0 aliphatic heterocycles. The van der Waals surface area contributed by atoms with Gasteiger partial charge in [0, 0.05) is 5.56 Å². The molecule has 3 aromatic carbocycles. The summed E-state index contributed by atoms with van der Waals surface area (Å²) in [4.78, 5) is 18.1. The number of Topliss-reactive ketones (excluding diaryl/α,β-unsaturated/α-hetero) is 1. The third-order valence-corrected chi connectivity index (χ3v) is 5.67. The number of allylic oxidation sites excluding steroid dienone is 1. The Labute approximate surface area is 179 Å². The van der Waals surface area contributed by atoms with E-state index in [1.54, 1.807) is 7.11 Å². The summed E-state index contributed by atoms with van der Waals surface area (Å²) in [5.41, 5.74) is 2.90. The Balaban J connectivity index is 1.83. The van der Waals surface area contributed by atoms with Crippen molar-refractivity contribution in [3.8, 4) is 11.5 Å². The van der Waals surface area contributed by atoms with Crippen LogP contribution in [0.1, 0.15) is 27.9 Å². The summed E-state index contributed by atoms with van der Waals surface area (Å²) in [6, 6.07) is 22.8. The van der Waals surface area contributed by atoms with Crippen LogP contribution in [-0.4, -0.2) is 24.5 Å². The minimum atomic E-state index is -0.0671. The average molecular weight is 416 g/mol. The number of rotatable bonds is 7. The Morgan fingerprint density at radius 2 is 1.77 bits per heavy atom. The summed E-state index contributed by atoms with van der Waals surface area (Å²) in [7, 11) is 1.61. The van der Waals surface area contributed by atoms with Crippen molar-refractivity contribution in [2.75, 3.05) is 13.7 Å². The second-order valence-corrected chi connectivity index (χ2v) is 7.61. The summed E-state index contributed by atoms with van der Waals surface area (Å²) in [5, 5.41) is 0.693. The lowest BCUT2D eigenvalue weighted by molar-refractivity contribution is 0.105. The Hall–Kier alpha value is -3.44. The van der Waals surface area contributed by atoms with Crippen molar-refractivity contribution in [3.05, 3.63) is 88.9 Å². The van der Waals surface area contributed by atoms with E-state index in [-0.39, 0.29) is 5.78 Å². The molecule has 0 bridgehead atoms. The summed E-state index contributed by atoms with van der Waals surface area (Å²) in [6.07, 6.45) is 1.87. The second-order valence-electron chi connectivity index (χ2n) is 6.58. The van der Waals surface area contributed by atoms with Crippen LogP contribution in [0.15, 0.2) is 72.8 Å². The van der Waals surface area contributed by atoms with E-state index in [1.807, 2.05) is 85.8 Å². The summed E-state index contributed by atoms with van der Waals surface area (Å²) in [6.45, 7) is 2.48. The third kappa shape index (κ3) is 4.11. The van der Waals surface area contributed by atoms with Crippen LogP contribution in [0.5, 0.6) is 11.5 Å². The van der Waals surface area contributed by atoms with E-state index in [1.165, 1.54) is 11.3 Å². The van der Waals surface area contributed by atoms with E-state index in [4.69, 9.17) is 14.5 Å². The van der Waals surface area contributed by atoms with Crippen LogP contribution in [0.3, 0.4) is 0 Å². The van der Waals surface area contributed by atoms with Gasteiger partial charge >= 0.3 is 0 Å². The zero-order valence-corrected chi connectivity index (χ0v) is 17.6. The van der Waals surface area contributed by atoms with Gasteiger partial charge in [-0.2, -0.15) is 0 Å². The Morgan fingerprint density at radius 3 is 2.50 bits per heavy atom. The van der Waals surface area contributed by atoms with E-state index in [2.05, 4.69) is 0 Å². The van der Waals surface area contributed by atoms with Crippen LogP contribution < -0.4 is 9.47 Å². The number of ether oxygens (including phenoxy) is 2. The number of hydrogen-bond acceptors (Lipinski definition) is 5. The predicted octanol–water partition coefficient (Wildman–Crippen LogP) is 6.13. The molecule has 0 atom stereocenters. The minimum Gasteiger partial charge on any atom is -0.493 e. The highest BCUT2D eigenvalue weighted by molar-refractivity contribution is 7.20. The second kappa shape index (κ2) is 8.93. The first-order valence-electron chi connectivity index (χ1n) is 9.68. The highest BCUT2D eigenvalue weighted by atomic mass is 32.1. The van der Waals surface area contributed by atoms with Gasteiger partial charge in [0.05, 0.1) is 29.5 Å². The molecule has 1 heterocycles. The van der Waals surface area contributed by atoms with Gasteiger partial charge in [-0.25, -0.2) is 4.98 Å². The third-order valence-electron chi connectivity index (χ3n) is 4.60. The molecule has 150 valence electrons. The lowest BCUT2D eigenvalue weighted by Crippen LogP contribution is -2.02. The molecule has 0 saturated carbocycles. The van der Waals surface area contributed by atoms with Crippen molar-refractivity contribution in [3.63, 3.8) is 0 Å². The van der Waals surface area contributed by atoms with Crippen molar-refractivity contribution < 1.29 is 14.3 Å². The molecule has 0 unspecified atom stereocenters. The van der Waals surface area contributed by atoms with Crippen LogP contribution in [-0.2, 0) is 0 Å². The SMILES string of the molecule is CCOc1ccc(/C=C(/C(=O)c2ccccc2)c2nc3ccccc3s2)cc1OC. The molecule has 30 heavy (non-hydrogen) atoms. The number of fused-ring (bicyclic) bond motifs is 1. The fourth-order valence-corrected chi connectivity index (χ4v) is 4.15. The zero-order valence-electron chi connectivity index (χ0n) is 16.8. The van der Waals surface area contributed by atoms with Gasteiger partial charge in [0.25, 0.3) is 0 Å². The largest absolute Gasteiger partial charge is 0.493 e. The average Bonchev–Trinajstić information content (AvgIpc) is 3.22. The van der Waals surface area contributed by atoms with Crippen molar-refractivity contribution >= 4 is 39.0 Å². The minimum absolute atomic E-state index is 0.0671. The first-order valence-corrected chi connectivity index (χ1v) is 10.5. The summed E-state index contributed by atoms with van der Waals surface area (Å²) < 4.78 is 12.1. The number of benzene rings is 3. The molecule has 0 N–H and O–H groups in total. The molecule has 0 amide bonds. The van der Waals surface area contributed by atoms with Crippen LogP contribution in [0.4, 0.5) is 0 Å². The Bertz CT molecular complexity index is 1180. The Kier molecular flexibility index (Phi) is 5.91. The molecular weight excluding hydrogens is 394 g/mol. The molecule has 0 aliphatic carbocycles. The lowest BCUT2D eigenvalue weighted by Gasteiger charge is -2.10. The number of thiazole rings is 1.